The normalized spacial score (nSPS) is 13.6. The van der Waals surface area contributed by atoms with Crippen molar-refractivity contribution in [2.75, 3.05) is 5.32 Å². The minimum absolute atomic E-state index is 0.0111. The topological polar surface area (TPSA) is 33.0 Å². The molecule has 0 radical (unpaired) electrons. The smallest absolute Gasteiger partial charge is 0.290 e. The van der Waals surface area contributed by atoms with E-state index in [0.717, 1.165) is 12.1 Å². The molecule has 20 heavy (non-hydrogen) atoms. The van der Waals surface area contributed by atoms with Gasteiger partial charge in [0.15, 0.2) is 12.4 Å². The van der Waals surface area contributed by atoms with Crippen LogP contribution in [0.3, 0.4) is 0 Å². The van der Waals surface area contributed by atoms with Crippen LogP contribution in [0.4, 0.5) is 5.69 Å². The first-order valence-corrected chi connectivity index (χ1v) is 7.17. The van der Waals surface area contributed by atoms with Gasteiger partial charge in [-0.3, -0.25) is 4.79 Å². The predicted molar refractivity (Wildman–Crippen MR) is 78.4 cm³/mol. The van der Waals surface area contributed by atoms with Crippen molar-refractivity contribution in [3.8, 4) is 0 Å². The number of hydrogen-bond acceptors (Lipinski definition) is 1. The first-order valence-electron chi connectivity index (χ1n) is 7.17. The number of rotatable bonds is 3. The van der Waals surface area contributed by atoms with Gasteiger partial charge >= 0.3 is 0 Å². The molecular weight excluding hydrogens is 248 g/mol. The number of nitrogens with zero attached hydrogens (tertiary/aromatic N) is 1. The second-order valence-electron chi connectivity index (χ2n) is 5.29. The number of amides is 1. The van der Waals surface area contributed by atoms with Gasteiger partial charge in [-0.1, -0.05) is 18.2 Å². The third-order valence-electron chi connectivity index (χ3n) is 3.73. The van der Waals surface area contributed by atoms with Crippen LogP contribution in [0.25, 0.3) is 0 Å². The lowest BCUT2D eigenvalue weighted by Gasteiger charge is -2.13. The maximum absolute atomic E-state index is 12.0. The Morgan fingerprint density at radius 2 is 1.80 bits per heavy atom. The van der Waals surface area contributed by atoms with E-state index in [-0.39, 0.29) is 5.91 Å². The van der Waals surface area contributed by atoms with E-state index < -0.39 is 0 Å². The minimum Gasteiger partial charge on any atom is -0.321 e. The van der Waals surface area contributed by atoms with Crippen molar-refractivity contribution in [1.29, 1.82) is 0 Å². The monoisotopic (exact) mass is 267 g/mol. The van der Waals surface area contributed by atoms with E-state index in [9.17, 15) is 4.79 Å². The molecule has 2 aromatic rings. The zero-order chi connectivity index (χ0) is 13.8. The van der Waals surface area contributed by atoms with E-state index in [2.05, 4.69) is 17.6 Å². The molecule has 1 aliphatic rings. The molecule has 0 fully saturated rings. The van der Waals surface area contributed by atoms with E-state index in [4.69, 9.17) is 0 Å². The molecule has 0 spiro atoms. The highest BCUT2D eigenvalue weighted by molar-refractivity contribution is 5.89. The third kappa shape index (κ3) is 3.05. The summed E-state index contributed by atoms with van der Waals surface area (Å²) in [7, 11) is 0. The van der Waals surface area contributed by atoms with Gasteiger partial charge in [0, 0.05) is 17.3 Å². The van der Waals surface area contributed by atoms with Gasteiger partial charge in [-0.15, -0.1) is 0 Å². The van der Waals surface area contributed by atoms with Crippen LogP contribution in [-0.4, -0.2) is 5.91 Å². The molecule has 1 aliphatic carbocycles. The van der Waals surface area contributed by atoms with Crippen LogP contribution >= 0.6 is 0 Å². The van der Waals surface area contributed by atoms with Gasteiger partial charge in [-0.05, 0) is 43.4 Å². The fraction of sp³-hybridized carbons (Fsp3) is 0.294. The van der Waals surface area contributed by atoms with E-state index in [1.807, 2.05) is 41.1 Å². The SMILES string of the molecule is O=C(C[n+]1ccc2c(c1)CCCC2)Nc1ccccc1. The molecule has 0 aliphatic heterocycles. The molecule has 0 saturated heterocycles. The van der Waals surface area contributed by atoms with Gasteiger partial charge in [0.1, 0.15) is 0 Å². The Kier molecular flexibility index (Phi) is 3.77. The Hall–Kier alpha value is -2.16. The first-order chi connectivity index (χ1) is 9.81. The molecular formula is C17H19N2O+. The molecule has 0 bridgehead atoms. The zero-order valence-electron chi connectivity index (χ0n) is 11.5. The number of benzene rings is 1. The molecule has 1 aromatic carbocycles. The van der Waals surface area contributed by atoms with Gasteiger partial charge in [0.05, 0.1) is 0 Å². The highest BCUT2D eigenvalue weighted by Crippen LogP contribution is 2.18. The van der Waals surface area contributed by atoms with Gasteiger partial charge in [-0.2, -0.15) is 4.57 Å². The summed E-state index contributed by atoms with van der Waals surface area (Å²) >= 11 is 0. The van der Waals surface area contributed by atoms with Crippen molar-refractivity contribution in [3.05, 3.63) is 59.9 Å². The van der Waals surface area contributed by atoms with Crippen molar-refractivity contribution < 1.29 is 9.36 Å². The number of para-hydroxylation sites is 1. The number of anilines is 1. The largest absolute Gasteiger partial charge is 0.321 e. The number of carbonyl (C=O) groups is 1. The second kappa shape index (κ2) is 5.87. The van der Waals surface area contributed by atoms with Crippen molar-refractivity contribution in [3.63, 3.8) is 0 Å². The number of pyridine rings is 1. The Labute approximate surface area is 119 Å². The number of carbonyl (C=O) groups excluding carboxylic acids is 1. The quantitative estimate of drug-likeness (QED) is 0.852. The van der Waals surface area contributed by atoms with Crippen molar-refractivity contribution in [2.45, 2.75) is 32.2 Å². The molecule has 102 valence electrons. The molecule has 1 N–H and O–H groups in total. The summed E-state index contributed by atoms with van der Waals surface area (Å²) < 4.78 is 1.97. The second-order valence-corrected chi connectivity index (χ2v) is 5.29. The highest BCUT2D eigenvalue weighted by Gasteiger charge is 2.15. The fourth-order valence-electron chi connectivity index (χ4n) is 2.70. The lowest BCUT2D eigenvalue weighted by Crippen LogP contribution is -2.40. The summed E-state index contributed by atoms with van der Waals surface area (Å²) in [6, 6.07) is 11.7. The van der Waals surface area contributed by atoms with Crippen LogP contribution in [0, 0.1) is 0 Å². The molecule has 0 unspecified atom stereocenters. The number of fused-ring (bicyclic) bond motifs is 1. The Morgan fingerprint density at radius 3 is 2.60 bits per heavy atom. The molecule has 1 heterocycles. The molecule has 3 heteroatoms. The molecule has 1 aromatic heterocycles. The lowest BCUT2D eigenvalue weighted by molar-refractivity contribution is -0.684. The summed E-state index contributed by atoms with van der Waals surface area (Å²) in [5, 5.41) is 2.91. The van der Waals surface area contributed by atoms with Crippen LogP contribution < -0.4 is 9.88 Å². The fourth-order valence-corrected chi connectivity index (χ4v) is 2.70. The Bertz CT molecular complexity index is 608. The minimum atomic E-state index is 0.0111. The molecule has 0 saturated carbocycles. The summed E-state index contributed by atoms with van der Waals surface area (Å²) in [4.78, 5) is 12.0. The molecule has 0 atom stereocenters. The van der Waals surface area contributed by atoms with Gasteiger partial charge in [0.25, 0.3) is 5.91 Å². The molecule has 3 rings (SSSR count). The maximum atomic E-state index is 12.0. The third-order valence-corrected chi connectivity index (χ3v) is 3.73. The van der Waals surface area contributed by atoms with Crippen molar-refractivity contribution >= 4 is 11.6 Å². The van der Waals surface area contributed by atoms with E-state index in [1.54, 1.807) is 0 Å². The van der Waals surface area contributed by atoms with E-state index in [0.29, 0.717) is 6.54 Å². The summed E-state index contributed by atoms with van der Waals surface area (Å²) in [5.41, 5.74) is 3.68. The van der Waals surface area contributed by atoms with Crippen molar-refractivity contribution in [1.82, 2.24) is 0 Å². The summed E-state index contributed by atoms with van der Waals surface area (Å²) in [6.07, 6.45) is 8.98. The van der Waals surface area contributed by atoms with E-state index >= 15 is 0 Å². The van der Waals surface area contributed by atoms with Crippen LogP contribution in [0.5, 0.6) is 0 Å². The maximum Gasteiger partial charge on any atom is 0.290 e. The molecule has 1 amide bonds. The number of aromatic nitrogens is 1. The summed E-state index contributed by atoms with van der Waals surface area (Å²) in [5.74, 6) is 0.0111. The van der Waals surface area contributed by atoms with Crippen LogP contribution in [0.15, 0.2) is 48.8 Å². The van der Waals surface area contributed by atoms with Crippen LogP contribution in [0.2, 0.25) is 0 Å². The van der Waals surface area contributed by atoms with E-state index in [1.165, 1.54) is 30.4 Å². The average molecular weight is 267 g/mol. The highest BCUT2D eigenvalue weighted by atomic mass is 16.1. The van der Waals surface area contributed by atoms with Gasteiger partial charge in [0.2, 0.25) is 6.54 Å². The number of nitrogens with one attached hydrogen (secondary N) is 1. The standard InChI is InChI=1S/C17H18N2O/c20-17(18-16-8-2-1-3-9-16)13-19-11-10-14-6-4-5-7-15(14)12-19/h1-3,8-12H,4-7,13H2/p+1. The lowest BCUT2D eigenvalue weighted by atomic mass is 9.93. The number of hydrogen-bond donors (Lipinski definition) is 1. The predicted octanol–water partition coefficient (Wildman–Crippen LogP) is 2.49. The Balaban J connectivity index is 1.67. The van der Waals surface area contributed by atoms with Crippen LogP contribution in [-0.2, 0) is 24.2 Å². The Morgan fingerprint density at radius 1 is 1.05 bits per heavy atom. The van der Waals surface area contributed by atoms with Crippen LogP contribution in [0.1, 0.15) is 24.0 Å². The number of aryl methyl sites for hydroxylation is 2. The molecule has 3 nitrogen and oxygen atoms in total. The van der Waals surface area contributed by atoms with Gasteiger partial charge in [-0.25, -0.2) is 0 Å². The van der Waals surface area contributed by atoms with Crippen molar-refractivity contribution in [2.24, 2.45) is 0 Å². The van der Waals surface area contributed by atoms with Gasteiger partial charge < -0.3 is 5.32 Å². The zero-order valence-corrected chi connectivity index (χ0v) is 11.5. The summed E-state index contributed by atoms with van der Waals surface area (Å²) in [6.45, 7) is 0.363. The average Bonchev–Trinajstić information content (AvgIpc) is 2.48. The first kappa shape index (κ1) is 12.9.